The number of fused-ring (bicyclic) bond motifs is 4. The van der Waals surface area contributed by atoms with Crippen LogP contribution in [0.1, 0.15) is 0 Å². The van der Waals surface area contributed by atoms with Gasteiger partial charge < -0.3 is 4.90 Å². The van der Waals surface area contributed by atoms with Gasteiger partial charge in [0.15, 0.2) is 0 Å². The molecule has 0 aliphatic carbocycles. The van der Waals surface area contributed by atoms with Crippen LogP contribution in [0.3, 0.4) is 0 Å². The third-order valence-corrected chi connectivity index (χ3v) is 11.7. The Morgan fingerprint density at radius 1 is 0.315 bits per heavy atom. The number of thiophene rings is 1. The molecule has 1 nitrogen and oxygen atoms in total. The molecule has 1 heterocycles. The zero-order chi connectivity index (χ0) is 35.8. The molecular formula is C52H35NS. The summed E-state index contributed by atoms with van der Waals surface area (Å²) in [5.41, 5.74) is 13.0. The van der Waals surface area contributed by atoms with Gasteiger partial charge in [0, 0.05) is 37.1 Å². The molecule has 0 atom stereocenters. The second-order valence-electron chi connectivity index (χ2n) is 13.7. The first-order chi connectivity index (χ1) is 26.8. The summed E-state index contributed by atoms with van der Waals surface area (Å²) in [5, 5.41) is 5.12. The fourth-order valence-electron chi connectivity index (χ4n) is 7.85. The van der Waals surface area contributed by atoms with Gasteiger partial charge in [-0.3, -0.25) is 0 Å². The molecular weight excluding hydrogens is 671 g/mol. The fraction of sp³-hybridized carbons (Fsp3) is 0. The van der Waals surface area contributed by atoms with E-state index in [1.165, 1.54) is 75.5 Å². The molecule has 54 heavy (non-hydrogen) atoms. The molecule has 0 saturated carbocycles. The molecule has 0 aliphatic rings. The maximum Gasteiger partial charge on any atom is 0.0546 e. The molecule has 254 valence electrons. The van der Waals surface area contributed by atoms with E-state index in [0.717, 1.165) is 17.1 Å². The Kier molecular flexibility index (Phi) is 8.09. The molecule has 0 unspecified atom stereocenters. The Balaban J connectivity index is 1.16. The van der Waals surface area contributed by atoms with Gasteiger partial charge in [0.2, 0.25) is 0 Å². The molecule has 0 bridgehead atoms. The highest BCUT2D eigenvalue weighted by atomic mass is 32.1. The zero-order valence-electron chi connectivity index (χ0n) is 29.6. The first kappa shape index (κ1) is 32.0. The van der Waals surface area contributed by atoms with Crippen LogP contribution in [-0.2, 0) is 0 Å². The highest BCUT2D eigenvalue weighted by Crippen LogP contribution is 2.45. The van der Waals surface area contributed by atoms with E-state index in [-0.39, 0.29) is 0 Å². The number of hydrogen-bond acceptors (Lipinski definition) is 2. The normalized spacial score (nSPS) is 11.3. The van der Waals surface area contributed by atoms with Crippen LogP contribution in [0.4, 0.5) is 17.1 Å². The molecule has 10 rings (SSSR count). The molecule has 1 aromatic heterocycles. The van der Waals surface area contributed by atoms with Crippen LogP contribution in [0.5, 0.6) is 0 Å². The lowest BCUT2D eigenvalue weighted by atomic mass is 9.94. The monoisotopic (exact) mass is 705 g/mol. The third-order valence-electron chi connectivity index (χ3n) is 10.5. The van der Waals surface area contributed by atoms with Crippen molar-refractivity contribution in [3.8, 4) is 44.5 Å². The van der Waals surface area contributed by atoms with Crippen LogP contribution >= 0.6 is 11.3 Å². The lowest BCUT2D eigenvalue weighted by Crippen LogP contribution is -2.11. The Morgan fingerprint density at radius 2 is 0.833 bits per heavy atom. The van der Waals surface area contributed by atoms with Crippen molar-refractivity contribution in [2.75, 3.05) is 4.90 Å². The second-order valence-corrected chi connectivity index (χ2v) is 14.8. The molecule has 0 N–H and O–H groups in total. The predicted octanol–water partition coefficient (Wildman–Crippen LogP) is 15.3. The SMILES string of the molecule is c1ccc(-c2ccc(N(c3ccc(-c4cccc5c4sc4ccccc45)cc3)c3cc(-c4cccc5ccccc45)ccc3-c3ccccc3)cc2)cc1. The molecule has 2 heteroatoms. The summed E-state index contributed by atoms with van der Waals surface area (Å²) in [6.45, 7) is 0. The van der Waals surface area contributed by atoms with Crippen molar-refractivity contribution >= 4 is 59.3 Å². The molecule has 10 aromatic rings. The number of hydrogen-bond donors (Lipinski definition) is 0. The van der Waals surface area contributed by atoms with Gasteiger partial charge in [0.1, 0.15) is 0 Å². The second kappa shape index (κ2) is 13.7. The Morgan fingerprint density at radius 3 is 1.59 bits per heavy atom. The number of benzene rings is 9. The summed E-state index contributed by atoms with van der Waals surface area (Å²) in [7, 11) is 0. The molecule has 0 aliphatic heterocycles. The summed E-state index contributed by atoms with van der Waals surface area (Å²) in [6, 6.07) is 77.1. The molecule has 0 saturated heterocycles. The first-order valence-corrected chi connectivity index (χ1v) is 19.2. The van der Waals surface area contributed by atoms with Crippen molar-refractivity contribution in [2.45, 2.75) is 0 Å². The van der Waals surface area contributed by atoms with Crippen molar-refractivity contribution in [3.05, 3.63) is 212 Å². The van der Waals surface area contributed by atoms with Crippen molar-refractivity contribution in [1.82, 2.24) is 0 Å². The maximum absolute atomic E-state index is 2.43. The highest BCUT2D eigenvalue weighted by molar-refractivity contribution is 7.26. The van der Waals surface area contributed by atoms with Crippen molar-refractivity contribution in [2.24, 2.45) is 0 Å². The van der Waals surface area contributed by atoms with Gasteiger partial charge in [-0.2, -0.15) is 0 Å². The zero-order valence-corrected chi connectivity index (χ0v) is 30.4. The summed E-state index contributed by atoms with van der Waals surface area (Å²) in [4.78, 5) is 2.43. The first-order valence-electron chi connectivity index (χ1n) is 18.4. The average molecular weight is 706 g/mol. The minimum atomic E-state index is 1.10. The minimum Gasteiger partial charge on any atom is -0.310 e. The van der Waals surface area contributed by atoms with Crippen LogP contribution in [-0.4, -0.2) is 0 Å². The number of rotatable bonds is 7. The van der Waals surface area contributed by atoms with E-state index in [1.54, 1.807) is 0 Å². The smallest absolute Gasteiger partial charge is 0.0546 e. The molecule has 0 amide bonds. The summed E-state index contributed by atoms with van der Waals surface area (Å²) < 4.78 is 2.65. The quantitative estimate of drug-likeness (QED) is 0.160. The van der Waals surface area contributed by atoms with Crippen LogP contribution < -0.4 is 4.90 Å². The van der Waals surface area contributed by atoms with E-state index >= 15 is 0 Å². The summed E-state index contributed by atoms with van der Waals surface area (Å²) in [5.74, 6) is 0. The maximum atomic E-state index is 2.43. The van der Waals surface area contributed by atoms with Crippen molar-refractivity contribution in [1.29, 1.82) is 0 Å². The summed E-state index contributed by atoms with van der Waals surface area (Å²) >= 11 is 1.88. The van der Waals surface area contributed by atoms with Crippen LogP contribution in [0, 0.1) is 0 Å². The van der Waals surface area contributed by atoms with Gasteiger partial charge in [-0.05, 0) is 86.1 Å². The van der Waals surface area contributed by atoms with Gasteiger partial charge in [0.25, 0.3) is 0 Å². The van der Waals surface area contributed by atoms with E-state index in [9.17, 15) is 0 Å². The summed E-state index contributed by atoms with van der Waals surface area (Å²) in [6.07, 6.45) is 0. The van der Waals surface area contributed by atoms with E-state index in [2.05, 4.69) is 217 Å². The van der Waals surface area contributed by atoms with Gasteiger partial charge in [0.05, 0.1) is 5.69 Å². The Bertz CT molecular complexity index is 2900. The number of nitrogens with zero attached hydrogens (tertiary/aromatic N) is 1. The van der Waals surface area contributed by atoms with Crippen LogP contribution in [0.25, 0.3) is 75.5 Å². The van der Waals surface area contributed by atoms with Crippen molar-refractivity contribution < 1.29 is 0 Å². The van der Waals surface area contributed by atoms with Gasteiger partial charge in [-0.15, -0.1) is 11.3 Å². The topological polar surface area (TPSA) is 3.24 Å². The molecule has 0 radical (unpaired) electrons. The minimum absolute atomic E-state index is 1.10. The fourth-order valence-corrected chi connectivity index (χ4v) is 9.09. The van der Waals surface area contributed by atoms with E-state index in [0.29, 0.717) is 0 Å². The Labute approximate surface area is 319 Å². The molecule has 0 spiro atoms. The highest BCUT2D eigenvalue weighted by Gasteiger charge is 2.20. The van der Waals surface area contributed by atoms with Crippen LogP contribution in [0.2, 0.25) is 0 Å². The lowest BCUT2D eigenvalue weighted by Gasteiger charge is -2.29. The van der Waals surface area contributed by atoms with Gasteiger partial charge >= 0.3 is 0 Å². The lowest BCUT2D eigenvalue weighted by molar-refractivity contribution is 1.28. The number of anilines is 3. The average Bonchev–Trinajstić information content (AvgIpc) is 3.64. The van der Waals surface area contributed by atoms with E-state index in [1.807, 2.05) is 11.3 Å². The predicted molar refractivity (Wildman–Crippen MR) is 233 cm³/mol. The largest absolute Gasteiger partial charge is 0.310 e. The standard InChI is InChI=1S/C52H35NS/c1-3-13-36(14-4-1)37-25-30-42(31-26-37)53(43-32-27-40(28-33-43)47-22-12-23-49-48-20-9-10-24-51(48)54-52(47)49)50-35-41(29-34-46(50)39-15-5-2-6-16-39)45-21-11-18-38-17-7-8-19-44(38)45/h1-35H. The van der Waals surface area contributed by atoms with Gasteiger partial charge in [-0.25, -0.2) is 0 Å². The third kappa shape index (κ3) is 5.74. The Hall–Kier alpha value is -6.74. The van der Waals surface area contributed by atoms with Crippen molar-refractivity contribution in [3.63, 3.8) is 0 Å². The molecule has 9 aromatic carbocycles. The van der Waals surface area contributed by atoms with Crippen LogP contribution in [0.15, 0.2) is 212 Å². The van der Waals surface area contributed by atoms with E-state index in [4.69, 9.17) is 0 Å². The molecule has 0 fully saturated rings. The van der Waals surface area contributed by atoms with E-state index < -0.39 is 0 Å². The van der Waals surface area contributed by atoms with Gasteiger partial charge in [-0.1, -0.05) is 176 Å².